The first-order valence-corrected chi connectivity index (χ1v) is 7.45. The van der Waals surface area contributed by atoms with E-state index in [9.17, 15) is 14.2 Å². The summed E-state index contributed by atoms with van der Waals surface area (Å²) in [7, 11) is -1.08. The molecule has 2 heterocycles. The van der Waals surface area contributed by atoms with E-state index < -0.39 is 18.8 Å². The number of amides is 1. The number of carbonyl (C=O) groups is 1. The molecule has 0 radical (unpaired) electrons. The molecule has 0 fully saturated rings. The number of nitrogens with one attached hydrogen (secondary N) is 1. The number of rotatable bonds is 4. The molecule has 1 amide bonds. The molecule has 3 rings (SSSR count). The molecular weight excluding hydrogens is 292 g/mol. The fourth-order valence-electron chi connectivity index (χ4n) is 2.27. The predicted octanol–water partition coefficient (Wildman–Crippen LogP) is 1.08. The van der Waals surface area contributed by atoms with Crippen molar-refractivity contribution in [2.24, 2.45) is 0 Å². The Labute approximate surface area is 125 Å². The Hall–Kier alpha value is -1.70. The molecule has 1 aromatic carbocycles. The first-order valence-electron chi connectivity index (χ1n) is 6.57. The van der Waals surface area contributed by atoms with Gasteiger partial charge in [0.25, 0.3) is 5.91 Å². The lowest BCUT2D eigenvalue weighted by molar-refractivity contribution is 0.0950. The molecule has 0 saturated heterocycles. The van der Waals surface area contributed by atoms with E-state index in [4.69, 9.17) is 4.65 Å². The van der Waals surface area contributed by atoms with Gasteiger partial charge >= 0.3 is 7.12 Å². The molecule has 0 aliphatic carbocycles. The lowest BCUT2D eigenvalue weighted by atomic mass is 9.78. The van der Waals surface area contributed by atoms with E-state index in [1.165, 1.54) is 12.1 Å². The fourth-order valence-corrected chi connectivity index (χ4v) is 2.98. The molecule has 2 aromatic rings. The summed E-state index contributed by atoms with van der Waals surface area (Å²) in [5, 5.41) is 14.3. The van der Waals surface area contributed by atoms with E-state index in [0.717, 1.165) is 4.88 Å². The number of halogens is 1. The van der Waals surface area contributed by atoms with Gasteiger partial charge in [0.2, 0.25) is 0 Å². The van der Waals surface area contributed by atoms with Gasteiger partial charge in [-0.2, -0.15) is 0 Å². The van der Waals surface area contributed by atoms with Crippen LogP contribution in [0.2, 0.25) is 0 Å². The Morgan fingerprint density at radius 2 is 2.38 bits per heavy atom. The van der Waals surface area contributed by atoms with Crippen LogP contribution in [0.15, 0.2) is 29.6 Å². The van der Waals surface area contributed by atoms with Gasteiger partial charge in [0.15, 0.2) is 0 Å². The molecule has 0 atom stereocenters. The Kier molecular flexibility index (Phi) is 4.05. The van der Waals surface area contributed by atoms with Crippen LogP contribution in [-0.2, 0) is 17.7 Å². The summed E-state index contributed by atoms with van der Waals surface area (Å²) >= 11 is 1.62. The number of hydrogen-bond donors (Lipinski definition) is 2. The maximum absolute atomic E-state index is 13.9. The number of benzene rings is 1. The molecular formula is C14H13BFNO3S. The van der Waals surface area contributed by atoms with Crippen molar-refractivity contribution in [2.75, 3.05) is 6.54 Å². The van der Waals surface area contributed by atoms with Crippen LogP contribution in [0.5, 0.6) is 0 Å². The van der Waals surface area contributed by atoms with Crippen LogP contribution < -0.4 is 10.8 Å². The molecule has 0 saturated carbocycles. The van der Waals surface area contributed by atoms with Crippen LogP contribution in [0.1, 0.15) is 20.8 Å². The molecule has 2 N–H and O–H groups in total. The summed E-state index contributed by atoms with van der Waals surface area (Å²) in [6.45, 7) is 0.600. The van der Waals surface area contributed by atoms with Gasteiger partial charge < -0.3 is 15.0 Å². The second-order valence-corrected chi connectivity index (χ2v) is 5.81. The minimum atomic E-state index is -1.08. The largest absolute Gasteiger partial charge is 0.491 e. The Morgan fingerprint density at radius 1 is 1.52 bits per heavy atom. The van der Waals surface area contributed by atoms with Crippen LogP contribution in [-0.4, -0.2) is 24.6 Å². The average Bonchev–Trinajstić information content (AvgIpc) is 3.08. The summed E-state index contributed by atoms with van der Waals surface area (Å²) in [6, 6.07) is 6.55. The number of thiophene rings is 1. The van der Waals surface area contributed by atoms with Crippen LogP contribution in [0.4, 0.5) is 4.39 Å². The van der Waals surface area contributed by atoms with Crippen LogP contribution in [0.25, 0.3) is 0 Å². The van der Waals surface area contributed by atoms with Crippen molar-refractivity contribution in [3.63, 3.8) is 0 Å². The quantitative estimate of drug-likeness (QED) is 0.831. The Balaban J connectivity index is 1.68. The second-order valence-electron chi connectivity index (χ2n) is 4.78. The van der Waals surface area contributed by atoms with Crippen molar-refractivity contribution in [3.8, 4) is 0 Å². The zero-order valence-electron chi connectivity index (χ0n) is 11.1. The van der Waals surface area contributed by atoms with E-state index in [0.29, 0.717) is 24.0 Å². The van der Waals surface area contributed by atoms with E-state index in [-0.39, 0.29) is 12.2 Å². The normalized spacial score (nSPS) is 13.3. The molecule has 0 spiro atoms. The van der Waals surface area contributed by atoms with Gasteiger partial charge in [-0.1, -0.05) is 6.07 Å². The first kappa shape index (κ1) is 14.3. The van der Waals surface area contributed by atoms with Gasteiger partial charge in [-0.05, 0) is 41.0 Å². The van der Waals surface area contributed by atoms with E-state index in [2.05, 4.69) is 5.32 Å². The smallest absolute Gasteiger partial charge is 0.423 e. The topological polar surface area (TPSA) is 58.6 Å². The van der Waals surface area contributed by atoms with Crippen LogP contribution in [0.3, 0.4) is 0 Å². The Morgan fingerprint density at radius 3 is 3.14 bits per heavy atom. The third-order valence-corrected chi connectivity index (χ3v) is 4.31. The highest BCUT2D eigenvalue weighted by Gasteiger charge is 2.29. The molecule has 1 aliphatic heterocycles. The molecule has 108 valence electrons. The SMILES string of the molecule is O=C(NCCc1cccs1)c1cc2c(cc1F)COB2O. The third-order valence-electron chi connectivity index (χ3n) is 3.37. The summed E-state index contributed by atoms with van der Waals surface area (Å²) in [6.07, 6.45) is 0.710. The van der Waals surface area contributed by atoms with Gasteiger partial charge in [0.1, 0.15) is 5.82 Å². The lowest BCUT2D eigenvalue weighted by Crippen LogP contribution is -2.32. The van der Waals surface area contributed by atoms with Crippen LogP contribution in [0, 0.1) is 5.82 Å². The van der Waals surface area contributed by atoms with Gasteiger partial charge in [-0.15, -0.1) is 11.3 Å². The molecule has 21 heavy (non-hydrogen) atoms. The van der Waals surface area contributed by atoms with Gasteiger partial charge in [-0.25, -0.2) is 4.39 Å². The summed E-state index contributed by atoms with van der Waals surface area (Å²) < 4.78 is 18.9. The zero-order valence-corrected chi connectivity index (χ0v) is 12.0. The standard InChI is InChI=1S/C14H13BFNO3S/c16-13-6-9-8-20-15(19)12(9)7-11(13)14(18)17-4-3-10-2-1-5-21-10/h1-2,5-7,19H,3-4,8H2,(H,17,18). The number of hydrogen-bond acceptors (Lipinski definition) is 4. The van der Waals surface area contributed by atoms with E-state index in [1.54, 1.807) is 11.3 Å². The summed E-state index contributed by atoms with van der Waals surface area (Å²) in [5.74, 6) is -1.08. The molecule has 1 aliphatic rings. The summed E-state index contributed by atoms with van der Waals surface area (Å²) in [4.78, 5) is 13.2. The van der Waals surface area contributed by atoms with Gasteiger partial charge in [0.05, 0.1) is 12.2 Å². The van der Waals surface area contributed by atoms with Crippen molar-refractivity contribution in [3.05, 3.63) is 51.5 Å². The van der Waals surface area contributed by atoms with Gasteiger partial charge in [0, 0.05) is 11.4 Å². The maximum Gasteiger partial charge on any atom is 0.491 e. The van der Waals surface area contributed by atoms with E-state index in [1.807, 2.05) is 17.5 Å². The van der Waals surface area contributed by atoms with Crippen LogP contribution >= 0.6 is 11.3 Å². The Bertz CT molecular complexity index is 662. The number of fused-ring (bicyclic) bond motifs is 1. The monoisotopic (exact) mass is 305 g/mol. The van der Waals surface area contributed by atoms with Gasteiger partial charge in [-0.3, -0.25) is 4.79 Å². The molecule has 1 aromatic heterocycles. The zero-order chi connectivity index (χ0) is 14.8. The van der Waals surface area contributed by atoms with Crippen molar-refractivity contribution in [1.29, 1.82) is 0 Å². The molecule has 7 heteroatoms. The molecule has 0 unspecified atom stereocenters. The van der Waals surface area contributed by atoms with Crippen molar-refractivity contribution >= 4 is 29.8 Å². The molecule has 4 nitrogen and oxygen atoms in total. The number of carbonyl (C=O) groups excluding carboxylic acids is 1. The lowest BCUT2D eigenvalue weighted by Gasteiger charge is -2.08. The van der Waals surface area contributed by atoms with Crippen molar-refractivity contribution < 1.29 is 18.9 Å². The average molecular weight is 305 g/mol. The highest BCUT2D eigenvalue weighted by molar-refractivity contribution is 7.09. The minimum absolute atomic E-state index is 0.0653. The van der Waals surface area contributed by atoms with Crippen molar-refractivity contribution in [2.45, 2.75) is 13.0 Å². The third kappa shape index (κ3) is 3.00. The predicted molar refractivity (Wildman–Crippen MR) is 79.2 cm³/mol. The summed E-state index contributed by atoms with van der Waals surface area (Å²) in [5.41, 5.74) is 0.972. The fraction of sp³-hybridized carbons (Fsp3) is 0.214. The maximum atomic E-state index is 13.9. The highest BCUT2D eigenvalue weighted by Crippen LogP contribution is 2.15. The van der Waals surface area contributed by atoms with E-state index >= 15 is 0 Å². The second kappa shape index (κ2) is 5.97. The molecule has 0 bridgehead atoms. The first-order chi connectivity index (χ1) is 10.1. The highest BCUT2D eigenvalue weighted by atomic mass is 32.1. The minimum Gasteiger partial charge on any atom is -0.423 e. The van der Waals surface area contributed by atoms with Crippen molar-refractivity contribution in [1.82, 2.24) is 5.32 Å².